The Hall–Kier alpha value is -1.22. The third-order valence-electron chi connectivity index (χ3n) is 4.31. The fourth-order valence-corrected chi connectivity index (χ4v) is 3.55. The van der Waals surface area contributed by atoms with Crippen molar-refractivity contribution in [2.45, 2.75) is 24.8 Å². The Balaban J connectivity index is 2.07. The summed E-state index contributed by atoms with van der Waals surface area (Å²) in [5.74, 6) is 0.360. The molecule has 0 bridgehead atoms. The highest BCUT2D eigenvalue weighted by Gasteiger charge is 2.28. The van der Waals surface area contributed by atoms with Crippen molar-refractivity contribution in [1.82, 2.24) is 5.32 Å². The molecule has 2 aromatic carbocycles. The maximum Gasteiger partial charge on any atom is 0.244 e. The lowest BCUT2D eigenvalue weighted by atomic mass is 9.76. The fourth-order valence-electron chi connectivity index (χ4n) is 3.24. The quantitative estimate of drug-likeness (QED) is 0.825. The molecule has 2 atom stereocenters. The van der Waals surface area contributed by atoms with Gasteiger partial charge in [0.2, 0.25) is 5.02 Å². The van der Waals surface area contributed by atoms with Crippen LogP contribution in [0.1, 0.15) is 41.5 Å². The van der Waals surface area contributed by atoms with Crippen LogP contribution >= 0.6 is 11.6 Å². The van der Waals surface area contributed by atoms with E-state index in [0.717, 1.165) is 18.5 Å². The van der Waals surface area contributed by atoms with E-state index in [4.69, 9.17) is 28.9 Å². The molecule has 0 amide bonds. The summed E-state index contributed by atoms with van der Waals surface area (Å²) in [7, 11) is 2.00. The van der Waals surface area contributed by atoms with E-state index in [1.165, 1.54) is 16.7 Å². The van der Waals surface area contributed by atoms with Gasteiger partial charge in [-0.15, -0.1) is 0 Å². The van der Waals surface area contributed by atoms with E-state index in [-0.39, 0.29) is 0 Å². The van der Waals surface area contributed by atoms with E-state index < -0.39 is 0 Å². The first kappa shape index (κ1) is 14.7. The van der Waals surface area contributed by atoms with E-state index in [1.54, 1.807) is 0 Å². The first-order chi connectivity index (χ1) is 10.1. The van der Waals surface area contributed by atoms with Gasteiger partial charge in [-0.05, 0) is 54.8 Å². The average Bonchev–Trinajstić information content (AvgIpc) is 2.49. The number of halogens is 2. The summed E-state index contributed by atoms with van der Waals surface area (Å²) in [5, 5.41) is 4.75. The minimum Gasteiger partial charge on any atom is -0.399 e. The van der Waals surface area contributed by atoms with Gasteiger partial charge < -0.3 is 11.1 Å². The van der Waals surface area contributed by atoms with Crippen LogP contribution in [0.5, 0.6) is 0 Å². The molecule has 0 unspecified atom stereocenters. The van der Waals surface area contributed by atoms with Gasteiger partial charge in [0.05, 0.1) is 0 Å². The molecule has 4 heteroatoms. The van der Waals surface area contributed by atoms with Gasteiger partial charge in [0.1, 0.15) is 5.02 Å². The molecule has 1 aliphatic carbocycles. The normalized spacial score (nSPS) is 21.1. The van der Waals surface area contributed by atoms with Crippen LogP contribution in [0.4, 0.5) is 5.69 Å². The van der Waals surface area contributed by atoms with Crippen molar-refractivity contribution in [1.29, 1.82) is 0 Å². The molecule has 2 nitrogen and oxygen atoms in total. The minimum absolute atomic E-state index is 0.360. The SMILES string of the molecule is CN[C@H]1CC[C@@H](c2ccc([ClH+])c(Cl)c2)c2ccc(N)cc21. The number of anilines is 1. The van der Waals surface area contributed by atoms with Crippen LogP contribution in [0, 0.1) is 11.6 Å². The zero-order chi connectivity index (χ0) is 15.0. The summed E-state index contributed by atoms with van der Waals surface area (Å²) in [6, 6.07) is 12.6. The van der Waals surface area contributed by atoms with Crippen molar-refractivity contribution in [3.63, 3.8) is 0 Å². The number of nitrogens with one attached hydrogen (secondary N) is 1. The van der Waals surface area contributed by atoms with E-state index >= 15 is 0 Å². The predicted molar refractivity (Wildman–Crippen MR) is 85.7 cm³/mol. The lowest BCUT2D eigenvalue weighted by Crippen LogP contribution is -2.24. The van der Waals surface area contributed by atoms with Gasteiger partial charge in [-0.1, -0.05) is 23.7 Å². The Kier molecular flexibility index (Phi) is 4.12. The van der Waals surface area contributed by atoms with E-state index in [0.29, 0.717) is 22.0 Å². The molecule has 3 N–H and O–H groups in total. The van der Waals surface area contributed by atoms with Crippen LogP contribution < -0.4 is 11.1 Å². The molecule has 2 aromatic rings. The Morgan fingerprint density at radius 3 is 2.67 bits per heavy atom. The second-order valence-corrected chi connectivity index (χ2v) is 6.40. The lowest BCUT2D eigenvalue weighted by Gasteiger charge is -2.32. The van der Waals surface area contributed by atoms with E-state index in [9.17, 15) is 0 Å². The van der Waals surface area contributed by atoms with Crippen molar-refractivity contribution >= 4 is 17.3 Å². The molecule has 0 saturated heterocycles. The van der Waals surface area contributed by atoms with Gasteiger partial charge in [-0.3, -0.25) is 0 Å². The van der Waals surface area contributed by atoms with Crippen LogP contribution in [-0.2, 0) is 0 Å². The summed E-state index contributed by atoms with van der Waals surface area (Å²) in [4.78, 5) is 0. The Morgan fingerprint density at radius 2 is 1.95 bits per heavy atom. The van der Waals surface area contributed by atoms with Crippen molar-refractivity contribution < 1.29 is 11.6 Å². The lowest BCUT2D eigenvalue weighted by molar-refractivity contribution is -0.288. The summed E-state index contributed by atoms with van der Waals surface area (Å²) in [6.07, 6.45) is 2.18. The first-order valence-electron chi connectivity index (χ1n) is 7.13. The van der Waals surface area contributed by atoms with Gasteiger partial charge >= 0.3 is 0 Å². The second-order valence-electron chi connectivity index (χ2n) is 5.55. The number of hydrogen-bond donors (Lipinski definition) is 2. The van der Waals surface area contributed by atoms with Gasteiger partial charge in [0.25, 0.3) is 0 Å². The Bertz CT molecular complexity index is 670. The number of fused-ring (bicyclic) bond motifs is 1. The van der Waals surface area contributed by atoms with Crippen molar-refractivity contribution in [3.8, 4) is 0 Å². The number of hydrogen-bond acceptors (Lipinski definition) is 2. The molecule has 1 aliphatic rings. The molecule has 110 valence electrons. The standard InChI is InChI=1S/C17H19Cl2N2/c1-21-17-7-5-12(10-2-6-15(18)16(19)8-10)13-4-3-11(20)9-14(13)17/h2-4,6,8-9,12,17-18,21H,5,7,20H2,1H3/q+1/t12-,17-/m0/s1. The predicted octanol–water partition coefficient (Wildman–Crippen LogP) is 3.80. The Labute approximate surface area is 135 Å². The van der Waals surface area contributed by atoms with Crippen molar-refractivity contribution in [2.24, 2.45) is 0 Å². The summed E-state index contributed by atoms with van der Waals surface area (Å²) >= 11 is 11.4. The highest BCUT2D eigenvalue weighted by atomic mass is 35.5. The Morgan fingerprint density at radius 1 is 1.14 bits per heavy atom. The molecule has 0 radical (unpaired) electrons. The molecular formula is C17H19Cl2N2+. The molecule has 0 fully saturated rings. The van der Waals surface area contributed by atoms with Crippen LogP contribution in [-0.4, -0.2) is 7.05 Å². The summed E-state index contributed by atoms with van der Waals surface area (Å²) < 4.78 is 0. The third kappa shape index (κ3) is 2.76. The smallest absolute Gasteiger partial charge is 0.244 e. The third-order valence-corrected chi connectivity index (χ3v) is 5.09. The number of nitrogen functional groups attached to an aromatic ring is 1. The van der Waals surface area contributed by atoms with Crippen molar-refractivity contribution in [3.05, 3.63) is 63.1 Å². The fraction of sp³-hybridized carbons (Fsp3) is 0.294. The van der Waals surface area contributed by atoms with Gasteiger partial charge in [-0.2, -0.15) is 0 Å². The highest BCUT2D eigenvalue weighted by molar-refractivity contribution is 6.31. The number of benzene rings is 2. The number of nitrogens with two attached hydrogens (primary N) is 1. The molecule has 0 heterocycles. The van der Waals surface area contributed by atoms with Crippen LogP contribution in [0.25, 0.3) is 0 Å². The molecule has 0 saturated carbocycles. The maximum atomic E-state index is 6.20. The number of rotatable bonds is 2. The second kappa shape index (κ2) is 5.88. The average molecular weight is 322 g/mol. The van der Waals surface area contributed by atoms with Crippen LogP contribution in [0.3, 0.4) is 0 Å². The van der Waals surface area contributed by atoms with E-state index in [2.05, 4.69) is 23.5 Å². The summed E-state index contributed by atoms with van der Waals surface area (Å²) in [6.45, 7) is 0. The molecule has 21 heavy (non-hydrogen) atoms. The van der Waals surface area contributed by atoms with Crippen molar-refractivity contribution in [2.75, 3.05) is 12.8 Å². The first-order valence-corrected chi connectivity index (χ1v) is 7.92. The topological polar surface area (TPSA) is 38.0 Å². The maximum absolute atomic E-state index is 6.20. The van der Waals surface area contributed by atoms with Gasteiger partial charge in [0.15, 0.2) is 11.6 Å². The van der Waals surface area contributed by atoms with Gasteiger partial charge in [-0.25, -0.2) is 0 Å². The summed E-state index contributed by atoms with van der Waals surface area (Å²) in [5.41, 5.74) is 10.6. The molecule has 3 rings (SSSR count). The molecule has 0 spiro atoms. The zero-order valence-electron chi connectivity index (χ0n) is 11.9. The van der Waals surface area contributed by atoms with Crippen LogP contribution in [0.15, 0.2) is 36.4 Å². The minimum atomic E-state index is 0.360. The van der Waals surface area contributed by atoms with E-state index in [1.807, 2.05) is 25.2 Å². The molecule has 0 aliphatic heterocycles. The van der Waals surface area contributed by atoms with Crippen LogP contribution in [0.2, 0.25) is 10.0 Å². The van der Waals surface area contributed by atoms with Gasteiger partial charge in [0, 0.05) is 23.7 Å². The molecular weight excluding hydrogens is 303 g/mol. The largest absolute Gasteiger partial charge is 0.399 e. The molecule has 0 aromatic heterocycles. The zero-order valence-corrected chi connectivity index (χ0v) is 13.5. The highest BCUT2D eigenvalue weighted by Crippen LogP contribution is 2.42. The monoisotopic (exact) mass is 321 g/mol.